The highest BCUT2D eigenvalue weighted by atomic mass is 32.1. The van der Waals surface area contributed by atoms with E-state index in [1.807, 2.05) is 13.1 Å². The SMILES string of the molecule is CCCNc1cncc(NCc2cnc(C)s2)n1. The lowest BCUT2D eigenvalue weighted by atomic mass is 10.5. The van der Waals surface area contributed by atoms with Crippen molar-refractivity contribution in [3.63, 3.8) is 0 Å². The van der Waals surface area contributed by atoms with Gasteiger partial charge in [-0.3, -0.25) is 4.98 Å². The van der Waals surface area contributed by atoms with Crippen LogP contribution in [0.5, 0.6) is 0 Å². The van der Waals surface area contributed by atoms with Gasteiger partial charge in [0.2, 0.25) is 0 Å². The number of nitrogens with zero attached hydrogens (tertiary/aromatic N) is 3. The molecule has 2 aromatic rings. The lowest BCUT2D eigenvalue weighted by Gasteiger charge is -2.06. The maximum absolute atomic E-state index is 4.43. The lowest BCUT2D eigenvalue weighted by Crippen LogP contribution is -2.05. The van der Waals surface area contributed by atoms with Crippen molar-refractivity contribution < 1.29 is 0 Å². The van der Waals surface area contributed by atoms with Crippen molar-refractivity contribution in [1.82, 2.24) is 15.0 Å². The smallest absolute Gasteiger partial charge is 0.147 e. The van der Waals surface area contributed by atoms with E-state index in [2.05, 4.69) is 32.5 Å². The maximum Gasteiger partial charge on any atom is 0.147 e. The number of aromatic nitrogens is 3. The van der Waals surface area contributed by atoms with E-state index in [1.54, 1.807) is 23.7 Å². The quantitative estimate of drug-likeness (QED) is 0.839. The third-order valence-electron chi connectivity index (χ3n) is 2.30. The molecule has 0 aromatic carbocycles. The third kappa shape index (κ3) is 3.66. The normalized spacial score (nSPS) is 10.3. The van der Waals surface area contributed by atoms with Crippen molar-refractivity contribution in [3.05, 3.63) is 28.5 Å². The van der Waals surface area contributed by atoms with Crippen LogP contribution in [0.3, 0.4) is 0 Å². The first-order valence-electron chi connectivity index (χ1n) is 5.99. The molecule has 0 unspecified atom stereocenters. The van der Waals surface area contributed by atoms with Crippen molar-refractivity contribution >= 4 is 23.0 Å². The van der Waals surface area contributed by atoms with E-state index < -0.39 is 0 Å². The standard InChI is InChI=1S/C12H17N5S/c1-3-4-14-11-7-13-8-12(17-11)16-6-10-5-15-9(2)18-10/h5,7-8H,3-4,6H2,1-2H3,(H2,14,16,17). The van der Waals surface area contributed by atoms with Crippen LogP contribution in [0.4, 0.5) is 11.6 Å². The lowest BCUT2D eigenvalue weighted by molar-refractivity contribution is 0.963. The number of hydrogen-bond acceptors (Lipinski definition) is 6. The van der Waals surface area contributed by atoms with Gasteiger partial charge in [-0.15, -0.1) is 11.3 Å². The molecule has 0 saturated heterocycles. The van der Waals surface area contributed by atoms with Gasteiger partial charge in [-0.25, -0.2) is 9.97 Å². The Hall–Kier alpha value is -1.69. The Bertz CT molecular complexity index is 497. The summed E-state index contributed by atoms with van der Waals surface area (Å²) in [7, 11) is 0. The summed E-state index contributed by atoms with van der Waals surface area (Å²) in [5.41, 5.74) is 0. The van der Waals surface area contributed by atoms with Gasteiger partial charge in [-0.2, -0.15) is 0 Å². The van der Waals surface area contributed by atoms with Gasteiger partial charge in [0, 0.05) is 17.6 Å². The molecule has 0 radical (unpaired) electrons. The van der Waals surface area contributed by atoms with Crippen LogP contribution >= 0.6 is 11.3 Å². The van der Waals surface area contributed by atoms with Gasteiger partial charge < -0.3 is 10.6 Å². The molecule has 0 saturated carbocycles. The molecule has 18 heavy (non-hydrogen) atoms. The first kappa shape index (κ1) is 12.8. The van der Waals surface area contributed by atoms with Gasteiger partial charge in [0.15, 0.2) is 0 Å². The van der Waals surface area contributed by atoms with E-state index in [-0.39, 0.29) is 0 Å². The summed E-state index contributed by atoms with van der Waals surface area (Å²) in [5.74, 6) is 1.59. The molecule has 0 amide bonds. The van der Waals surface area contributed by atoms with Crippen molar-refractivity contribution in [2.24, 2.45) is 0 Å². The topological polar surface area (TPSA) is 62.7 Å². The number of thiazole rings is 1. The van der Waals surface area contributed by atoms with Gasteiger partial charge >= 0.3 is 0 Å². The number of hydrogen-bond donors (Lipinski definition) is 2. The zero-order valence-corrected chi connectivity index (χ0v) is 11.4. The molecule has 0 aliphatic rings. The van der Waals surface area contributed by atoms with Crippen molar-refractivity contribution in [1.29, 1.82) is 0 Å². The zero-order valence-electron chi connectivity index (χ0n) is 10.6. The zero-order chi connectivity index (χ0) is 12.8. The second-order valence-electron chi connectivity index (χ2n) is 3.92. The van der Waals surface area contributed by atoms with Crippen LogP contribution in [0.15, 0.2) is 18.6 Å². The van der Waals surface area contributed by atoms with Gasteiger partial charge in [-0.05, 0) is 13.3 Å². The van der Waals surface area contributed by atoms with E-state index in [4.69, 9.17) is 0 Å². The number of aryl methyl sites for hydroxylation is 1. The van der Waals surface area contributed by atoms with Crippen LogP contribution in [0, 0.1) is 6.92 Å². The van der Waals surface area contributed by atoms with Crippen LogP contribution in [0.1, 0.15) is 23.2 Å². The minimum absolute atomic E-state index is 0.734. The van der Waals surface area contributed by atoms with Crippen molar-refractivity contribution in [2.45, 2.75) is 26.8 Å². The Balaban J connectivity index is 1.92. The summed E-state index contributed by atoms with van der Waals surface area (Å²) in [5, 5.41) is 7.54. The molecule has 5 nitrogen and oxygen atoms in total. The molecule has 0 fully saturated rings. The Labute approximate surface area is 111 Å². The fourth-order valence-electron chi connectivity index (χ4n) is 1.45. The molecule has 0 atom stereocenters. The van der Waals surface area contributed by atoms with Gasteiger partial charge in [0.25, 0.3) is 0 Å². The fourth-order valence-corrected chi connectivity index (χ4v) is 2.19. The monoisotopic (exact) mass is 263 g/mol. The molecule has 2 rings (SSSR count). The largest absolute Gasteiger partial charge is 0.369 e. The van der Waals surface area contributed by atoms with E-state index in [1.165, 1.54) is 4.88 Å². The first-order valence-corrected chi connectivity index (χ1v) is 6.80. The second kappa shape index (κ2) is 6.30. The Kier molecular flexibility index (Phi) is 4.46. The number of rotatable bonds is 6. The van der Waals surface area contributed by atoms with Gasteiger partial charge in [0.1, 0.15) is 11.6 Å². The summed E-state index contributed by atoms with van der Waals surface area (Å²) in [4.78, 5) is 14.0. The molecular weight excluding hydrogens is 246 g/mol. The van der Waals surface area contributed by atoms with Crippen LogP contribution in [0.2, 0.25) is 0 Å². The minimum Gasteiger partial charge on any atom is -0.369 e. The van der Waals surface area contributed by atoms with E-state index >= 15 is 0 Å². The minimum atomic E-state index is 0.734. The molecule has 0 spiro atoms. The van der Waals surface area contributed by atoms with Crippen LogP contribution in [-0.2, 0) is 6.54 Å². The average Bonchev–Trinajstić information content (AvgIpc) is 2.80. The predicted octanol–water partition coefficient (Wildman–Crippen LogP) is 2.68. The highest BCUT2D eigenvalue weighted by Gasteiger charge is 2.00. The molecule has 2 heterocycles. The fraction of sp³-hybridized carbons (Fsp3) is 0.417. The molecule has 0 bridgehead atoms. The second-order valence-corrected chi connectivity index (χ2v) is 5.23. The first-order chi connectivity index (χ1) is 8.78. The molecule has 6 heteroatoms. The summed E-state index contributed by atoms with van der Waals surface area (Å²) >= 11 is 1.69. The maximum atomic E-state index is 4.43. The summed E-state index contributed by atoms with van der Waals surface area (Å²) in [6.45, 7) is 5.77. The van der Waals surface area contributed by atoms with E-state index in [9.17, 15) is 0 Å². The van der Waals surface area contributed by atoms with Crippen LogP contribution < -0.4 is 10.6 Å². The molecule has 2 aromatic heterocycles. The molecule has 2 N–H and O–H groups in total. The van der Waals surface area contributed by atoms with Gasteiger partial charge in [-0.1, -0.05) is 6.92 Å². The Morgan fingerprint density at radius 1 is 1.17 bits per heavy atom. The van der Waals surface area contributed by atoms with Crippen molar-refractivity contribution in [2.75, 3.05) is 17.2 Å². The van der Waals surface area contributed by atoms with Crippen LogP contribution in [0.25, 0.3) is 0 Å². The average molecular weight is 263 g/mol. The highest BCUT2D eigenvalue weighted by Crippen LogP contribution is 2.14. The van der Waals surface area contributed by atoms with Crippen molar-refractivity contribution in [3.8, 4) is 0 Å². The Morgan fingerprint density at radius 2 is 1.94 bits per heavy atom. The Morgan fingerprint density at radius 3 is 2.61 bits per heavy atom. The summed E-state index contributed by atoms with van der Waals surface area (Å²) in [6, 6.07) is 0. The van der Waals surface area contributed by atoms with Gasteiger partial charge in [0.05, 0.1) is 23.9 Å². The molecule has 0 aliphatic carbocycles. The summed E-state index contributed by atoms with van der Waals surface area (Å²) in [6.07, 6.45) is 6.42. The van der Waals surface area contributed by atoms with E-state index in [0.29, 0.717) is 0 Å². The highest BCUT2D eigenvalue weighted by molar-refractivity contribution is 7.11. The molecule has 0 aliphatic heterocycles. The number of nitrogens with one attached hydrogen (secondary N) is 2. The molecular formula is C12H17N5S. The summed E-state index contributed by atoms with van der Waals surface area (Å²) < 4.78 is 0. The van der Waals surface area contributed by atoms with E-state index in [0.717, 1.165) is 36.2 Å². The number of anilines is 2. The third-order valence-corrected chi connectivity index (χ3v) is 3.22. The predicted molar refractivity (Wildman–Crippen MR) is 75.0 cm³/mol. The molecule has 96 valence electrons. The van der Waals surface area contributed by atoms with Crippen LogP contribution in [-0.4, -0.2) is 21.5 Å².